The summed E-state index contributed by atoms with van der Waals surface area (Å²) in [7, 11) is 0. The van der Waals surface area contributed by atoms with Crippen molar-refractivity contribution in [3.8, 4) is 0 Å². The maximum Gasteiger partial charge on any atom is 0.131 e. The van der Waals surface area contributed by atoms with Gasteiger partial charge in [-0.3, -0.25) is 0 Å². The van der Waals surface area contributed by atoms with Gasteiger partial charge in [0.25, 0.3) is 0 Å². The highest BCUT2D eigenvalue weighted by molar-refractivity contribution is 5.86. The molecular weight excluding hydrogens is 237 g/mol. The first kappa shape index (κ1) is 12.6. The van der Waals surface area contributed by atoms with E-state index in [1.165, 1.54) is 24.8 Å². The van der Waals surface area contributed by atoms with Gasteiger partial charge in [-0.1, -0.05) is 50.1 Å². The lowest BCUT2D eigenvalue weighted by Crippen LogP contribution is -2.21. The molecule has 1 aliphatic carbocycles. The second kappa shape index (κ2) is 5.30. The highest BCUT2D eigenvalue weighted by Crippen LogP contribution is 2.39. The first-order valence-corrected chi connectivity index (χ1v) is 7.20. The van der Waals surface area contributed by atoms with Crippen LogP contribution in [0.4, 0.5) is 4.39 Å². The van der Waals surface area contributed by atoms with E-state index in [9.17, 15) is 4.39 Å². The minimum absolute atomic E-state index is 0.124. The van der Waals surface area contributed by atoms with Crippen LogP contribution in [0.3, 0.4) is 0 Å². The molecule has 0 radical (unpaired) electrons. The molecule has 1 aliphatic rings. The Hall–Kier alpha value is -1.41. The van der Waals surface area contributed by atoms with Crippen molar-refractivity contribution in [1.29, 1.82) is 0 Å². The van der Waals surface area contributed by atoms with Gasteiger partial charge in [-0.2, -0.15) is 0 Å². The standard InChI is InChI=1S/C17H20FN/c1-2-19-17(11-12-7-8-12)15-9-10-16(18)14-6-4-3-5-13(14)15/h3-6,9-10,12,17,19H,2,7-8,11H2,1H3. The topological polar surface area (TPSA) is 12.0 Å². The van der Waals surface area contributed by atoms with Gasteiger partial charge in [-0.05, 0) is 35.9 Å². The summed E-state index contributed by atoms with van der Waals surface area (Å²) in [6, 6.07) is 11.7. The maximum atomic E-state index is 13.9. The van der Waals surface area contributed by atoms with E-state index in [1.54, 1.807) is 6.07 Å². The van der Waals surface area contributed by atoms with Gasteiger partial charge in [0.05, 0.1) is 0 Å². The molecule has 0 bridgehead atoms. The van der Waals surface area contributed by atoms with Gasteiger partial charge in [0.2, 0.25) is 0 Å². The fourth-order valence-corrected chi connectivity index (χ4v) is 2.84. The maximum absolute atomic E-state index is 13.9. The summed E-state index contributed by atoms with van der Waals surface area (Å²) in [4.78, 5) is 0. The zero-order chi connectivity index (χ0) is 13.2. The van der Waals surface area contributed by atoms with E-state index in [0.717, 1.165) is 23.2 Å². The van der Waals surface area contributed by atoms with Crippen molar-refractivity contribution in [3.63, 3.8) is 0 Å². The molecule has 2 aromatic rings. The molecule has 0 heterocycles. The van der Waals surface area contributed by atoms with Gasteiger partial charge in [0, 0.05) is 11.4 Å². The smallest absolute Gasteiger partial charge is 0.131 e. The summed E-state index contributed by atoms with van der Waals surface area (Å²) in [6.07, 6.45) is 3.87. The molecule has 1 atom stereocenters. The monoisotopic (exact) mass is 257 g/mol. The van der Waals surface area contributed by atoms with E-state index >= 15 is 0 Å². The summed E-state index contributed by atoms with van der Waals surface area (Å²) >= 11 is 0. The number of rotatable bonds is 5. The minimum atomic E-state index is -0.124. The van der Waals surface area contributed by atoms with Crippen LogP contribution in [-0.4, -0.2) is 6.54 Å². The number of hydrogen-bond donors (Lipinski definition) is 1. The zero-order valence-electron chi connectivity index (χ0n) is 11.3. The molecule has 0 aromatic heterocycles. The lowest BCUT2D eigenvalue weighted by Gasteiger charge is -2.20. The Labute approximate surface area is 113 Å². The molecule has 1 N–H and O–H groups in total. The second-order valence-corrected chi connectivity index (χ2v) is 5.47. The van der Waals surface area contributed by atoms with Gasteiger partial charge < -0.3 is 5.32 Å². The van der Waals surface area contributed by atoms with E-state index in [-0.39, 0.29) is 5.82 Å². The van der Waals surface area contributed by atoms with Crippen molar-refractivity contribution in [3.05, 3.63) is 47.8 Å². The summed E-state index contributed by atoms with van der Waals surface area (Å²) < 4.78 is 13.9. The Morgan fingerprint density at radius 2 is 1.89 bits per heavy atom. The lowest BCUT2D eigenvalue weighted by molar-refractivity contribution is 0.489. The number of fused-ring (bicyclic) bond motifs is 1. The molecule has 1 nitrogen and oxygen atoms in total. The molecule has 2 heteroatoms. The molecule has 3 rings (SSSR count). The van der Waals surface area contributed by atoms with Crippen LogP contribution >= 0.6 is 0 Å². The Balaban J connectivity index is 2.03. The summed E-state index contributed by atoms with van der Waals surface area (Å²) in [5.74, 6) is 0.730. The van der Waals surface area contributed by atoms with Crippen LogP contribution in [0.5, 0.6) is 0 Å². The van der Waals surface area contributed by atoms with Crippen molar-refractivity contribution in [1.82, 2.24) is 5.32 Å². The first-order valence-electron chi connectivity index (χ1n) is 7.20. The van der Waals surface area contributed by atoms with Crippen molar-refractivity contribution < 1.29 is 4.39 Å². The second-order valence-electron chi connectivity index (χ2n) is 5.47. The molecule has 1 saturated carbocycles. The van der Waals surface area contributed by atoms with Gasteiger partial charge in [-0.15, -0.1) is 0 Å². The number of halogens is 1. The SMILES string of the molecule is CCNC(CC1CC1)c1ccc(F)c2ccccc12. The van der Waals surface area contributed by atoms with Crippen LogP contribution < -0.4 is 5.32 Å². The molecule has 100 valence electrons. The molecule has 2 aromatic carbocycles. The van der Waals surface area contributed by atoms with Crippen molar-refractivity contribution >= 4 is 10.8 Å². The average molecular weight is 257 g/mol. The van der Waals surface area contributed by atoms with Crippen molar-refractivity contribution in [2.45, 2.75) is 32.2 Å². The third kappa shape index (κ3) is 2.64. The van der Waals surface area contributed by atoms with Gasteiger partial charge >= 0.3 is 0 Å². The predicted octanol–water partition coefficient (Wildman–Crippen LogP) is 4.43. The van der Waals surface area contributed by atoms with E-state index in [0.29, 0.717) is 6.04 Å². The molecule has 0 spiro atoms. The summed E-state index contributed by atoms with van der Waals surface area (Å²) in [5, 5.41) is 5.34. The quantitative estimate of drug-likeness (QED) is 0.835. The third-order valence-corrected chi connectivity index (χ3v) is 4.00. The van der Waals surface area contributed by atoms with Crippen molar-refractivity contribution in [2.75, 3.05) is 6.54 Å². The zero-order valence-corrected chi connectivity index (χ0v) is 11.3. The molecule has 0 amide bonds. The summed E-state index contributed by atoms with van der Waals surface area (Å²) in [5.41, 5.74) is 1.24. The van der Waals surface area contributed by atoms with Crippen LogP contribution in [0, 0.1) is 11.7 Å². The first-order chi connectivity index (χ1) is 9.29. The van der Waals surface area contributed by atoms with Crippen molar-refractivity contribution in [2.24, 2.45) is 5.92 Å². The molecule has 0 saturated heterocycles. The van der Waals surface area contributed by atoms with Gasteiger partial charge in [0.1, 0.15) is 5.82 Å². The molecule has 1 fully saturated rings. The molecule has 19 heavy (non-hydrogen) atoms. The third-order valence-electron chi connectivity index (χ3n) is 4.00. The number of benzene rings is 2. The molecule has 1 unspecified atom stereocenters. The van der Waals surface area contributed by atoms with E-state index < -0.39 is 0 Å². The normalized spacial score (nSPS) is 16.7. The summed E-state index contributed by atoms with van der Waals surface area (Å²) in [6.45, 7) is 3.08. The highest BCUT2D eigenvalue weighted by Gasteiger charge is 2.26. The largest absolute Gasteiger partial charge is 0.310 e. The Morgan fingerprint density at radius 1 is 1.16 bits per heavy atom. The Bertz CT molecular complexity index is 574. The molecular formula is C17H20FN. The number of hydrogen-bond acceptors (Lipinski definition) is 1. The van der Waals surface area contributed by atoms with E-state index in [2.05, 4.69) is 12.2 Å². The predicted molar refractivity (Wildman–Crippen MR) is 77.7 cm³/mol. The van der Waals surface area contributed by atoms with Crippen LogP contribution in [0.15, 0.2) is 36.4 Å². The Kier molecular flexibility index (Phi) is 3.52. The lowest BCUT2D eigenvalue weighted by atomic mass is 9.95. The fraction of sp³-hybridized carbons (Fsp3) is 0.412. The average Bonchev–Trinajstić information content (AvgIpc) is 3.23. The van der Waals surface area contributed by atoms with Gasteiger partial charge in [-0.25, -0.2) is 4.39 Å². The van der Waals surface area contributed by atoms with Crippen LogP contribution in [0.2, 0.25) is 0 Å². The van der Waals surface area contributed by atoms with Gasteiger partial charge in [0.15, 0.2) is 0 Å². The number of nitrogens with one attached hydrogen (secondary N) is 1. The molecule has 0 aliphatic heterocycles. The van der Waals surface area contributed by atoms with E-state index in [1.807, 2.05) is 30.3 Å². The highest BCUT2D eigenvalue weighted by atomic mass is 19.1. The van der Waals surface area contributed by atoms with Crippen LogP contribution in [0.1, 0.15) is 37.8 Å². The fourth-order valence-electron chi connectivity index (χ4n) is 2.84. The minimum Gasteiger partial charge on any atom is -0.310 e. The van der Waals surface area contributed by atoms with Crippen LogP contribution in [-0.2, 0) is 0 Å². The Morgan fingerprint density at radius 3 is 2.58 bits per heavy atom. The van der Waals surface area contributed by atoms with E-state index in [4.69, 9.17) is 0 Å². The van der Waals surface area contributed by atoms with Crippen LogP contribution in [0.25, 0.3) is 10.8 Å².